The highest BCUT2D eigenvalue weighted by Gasteiger charge is 2.24. The zero-order valence-corrected chi connectivity index (χ0v) is 15.0. The Kier molecular flexibility index (Phi) is 5.49. The van der Waals surface area contributed by atoms with Crippen LogP contribution in [0.3, 0.4) is 0 Å². The zero-order valence-electron chi connectivity index (χ0n) is 15.0. The topological polar surface area (TPSA) is 89.8 Å². The summed E-state index contributed by atoms with van der Waals surface area (Å²) in [6.07, 6.45) is 1.99. The van der Waals surface area contributed by atoms with Crippen LogP contribution in [0.25, 0.3) is 0 Å². The molecule has 0 aliphatic carbocycles. The van der Waals surface area contributed by atoms with Gasteiger partial charge in [-0.05, 0) is 25.8 Å². The molecule has 0 aromatic heterocycles. The maximum atomic E-state index is 12.6. The first-order valence-corrected chi connectivity index (χ1v) is 8.76. The number of anilines is 1. The Morgan fingerprint density at radius 1 is 1.11 bits per heavy atom. The number of Topliss-reactive ketones (excluding diaryl/α,β-unsaturated/α-hetero) is 1. The van der Waals surface area contributed by atoms with E-state index in [0.717, 1.165) is 31.5 Å². The molecule has 7 nitrogen and oxygen atoms in total. The summed E-state index contributed by atoms with van der Waals surface area (Å²) in [4.78, 5) is 37.3. The van der Waals surface area contributed by atoms with Gasteiger partial charge in [0, 0.05) is 30.8 Å². The van der Waals surface area contributed by atoms with Crippen LogP contribution in [0.2, 0.25) is 0 Å². The van der Waals surface area contributed by atoms with Gasteiger partial charge in [0.05, 0.1) is 16.2 Å². The average Bonchev–Trinajstić information content (AvgIpc) is 3.20. The molecule has 0 radical (unpaired) electrons. The number of hydrogen-bond acceptors (Lipinski definition) is 6. The molecule has 0 atom stereocenters. The number of rotatable bonds is 6. The monoisotopic (exact) mass is 368 g/mol. The summed E-state index contributed by atoms with van der Waals surface area (Å²) in [5.41, 5.74) is 2.01. The summed E-state index contributed by atoms with van der Waals surface area (Å²) < 4.78 is 5.17. The van der Waals surface area contributed by atoms with E-state index in [-0.39, 0.29) is 17.0 Å². The van der Waals surface area contributed by atoms with Gasteiger partial charge in [-0.15, -0.1) is 0 Å². The van der Waals surface area contributed by atoms with E-state index in [1.807, 2.05) is 11.8 Å². The molecule has 7 heteroatoms. The van der Waals surface area contributed by atoms with E-state index in [2.05, 4.69) is 0 Å². The largest absolute Gasteiger partial charge is 0.454 e. The number of nitro groups is 1. The summed E-state index contributed by atoms with van der Waals surface area (Å²) in [5.74, 6) is -1.06. The third kappa shape index (κ3) is 4.31. The lowest BCUT2D eigenvalue weighted by Crippen LogP contribution is -2.22. The highest BCUT2D eigenvalue weighted by Crippen LogP contribution is 2.29. The molecule has 2 aromatic rings. The van der Waals surface area contributed by atoms with E-state index in [1.54, 1.807) is 30.3 Å². The number of esters is 1. The van der Waals surface area contributed by atoms with Crippen LogP contribution in [0.1, 0.15) is 39.1 Å². The van der Waals surface area contributed by atoms with Crippen LogP contribution in [-0.2, 0) is 4.74 Å². The number of nitro benzene ring substituents is 1. The standard InChI is InChI=1S/C20H20N2O5/c1-14-4-6-15(7-5-14)19(23)13-27-20(24)17-12-16(22(25)26)8-9-18(17)21-10-2-3-11-21/h4-9,12H,2-3,10-11,13H2,1H3. The normalized spacial score (nSPS) is 13.4. The molecule has 2 aromatic carbocycles. The number of hydrogen-bond donors (Lipinski definition) is 0. The lowest BCUT2D eigenvalue weighted by Gasteiger charge is -2.20. The van der Waals surface area contributed by atoms with Crippen LogP contribution >= 0.6 is 0 Å². The molecule has 140 valence electrons. The second kappa shape index (κ2) is 7.99. The van der Waals surface area contributed by atoms with Crippen molar-refractivity contribution in [3.63, 3.8) is 0 Å². The average molecular weight is 368 g/mol. The first-order chi connectivity index (χ1) is 13.0. The molecule has 0 spiro atoms. The zero-order chi connectivity index (χ0) is 19.4. The molecular formula is C20H20N2O5. The van der Waals surface area contributed by atoms with Crippen molar-refractivity contribution in [3.05, 3.63) is 69.3 Å². The van der Waals surface area contributed by atoms with Crippen molar-refractivity contribution in [3.8, 4) is 0 Å². The van der Waals surface area contributed by atoms with Crippen molar-refractivity contribution < 1.29 is 19.2 Å². The number of aryl methyl sites for hydroxylation is 1. The molecule has 0 amide bonds. The highest BCUT2D eigenvalue weighted by molar-refractivity contribution is 6.01. The van der Waals surface area contributed by atoms with Crippen LogP contribution in [-0.4, -0.2) is 36.4 Å². The third-order valence-corrected chi connectivity index (χ3v) is 4.57. The molecule has 1 saturated heterocycles. The molecule has 1 heterocycles. The Balaban J connectivity index is 1.77. The fraction of sp³-hybridized carbons (Fsp3) is 0.300. The number of ether oxygens (including phenoxy) is 1. The van der Waals surface area contributed by atoms with E-state index in [4.69, 9.17) is 4.74 Å². The number of non-ortho nitro benzene ring substituents is 1. The van der Waals surface area contributed by atoms with Gasteiger partial charge in [-0.2, -0.15) is 0 Å². The minimum absolute atomic E-state index is 0.114. The Bertz CT molecular complexity index is 870. The van der Waals surface area contributed by atoms with Crippen molar-refractivity contribution >= 4 is 23.1 Å². The van der Waals surface area contributed by atoms with Gasteiger partial charge in [0.25, 0.3) is 5.69 Å². The van der Waals surface area contributed by atoms with Gasteiger partial charge in [-0.3, -0.25) is 14.9 Å². The summed E-state index contributed by atoms with van der Waals surface area (Å²) in [5, 5.41) is 11.1. The number of nitrogens with zero attached hydrogens (tertiary/aromatic N) is 2. The van der Waals surface area contributed by atoms with Crippen molar-refractivity contribution in [2.45, 2.75) is 19.8 Å². The van der Waals surface area contributed by atoms with E-state index >= 15 is 0 Å². The van der Waals surface area contributed by atoms with Crippen LogP contribution in [0, 0.1) is 17.0 Å². The SMILES string of the molecule is Cc1ccc(C(=O)COC(=O)c2cc([N+](=O)[O-])ccc2N2CCCC2)cc1. The molecule has 0 bridgehead atoms. The summed E-state index contributed by atoms with van der Waals surface area (Å²) in [6.45, 7) is 3.06. The summed E-state index contributed by atoms with van der Waals surface area (Å²) in [6, 6.07) is 11.1. The van der Waals surface area contributed by atoms with Crippen molar-refractivity contribution in [1.82, 2.24) is 0 Å². The maximum absolute atomic E-state index is 12.6. The van der Waals surface area contributed by atoms with Crippen LogP contribution in [0.5, 0.6) is 0 Å². The fourth-order valence-corrected chi connectivity index (χ4v) is 3.07. The fourth-order valence-electron chi connectivity index (χ4n) is 3.07. The first-order valence-electron chi connectivity index (χ1n) is 8.76. The van der Waals surface area contributed by atoms with E-state index in [9.17, 15) is 19.7 Å². The molecule has 0 unspecified atom stereocenters. The number of carbonyl (C=O) groups is 2. The predicted molar refractivity (Wildman–Crippen MR) is 100 cm³/mol. The predicted octanol–water partition coefficient (Wildman–Crippen LogP) is 3.54. The van der Waals surface area contributed by atoms with Crippen molar-refractivity contribution in [2.75, 3.05) is 24.6 Å². The smallest absolute Gasteiger partial charge is 0.340 e. The van der Waals surface area contributed by atoms with Crippen LogP contribution in [0.15, 0.2) is 42.5 Å². The molecule has 1 fully saturated rings. The second-order valence-electron chi connectivity index (χ2n) is 6.52. The van der Waals surface area contributed by atoms with Gasteiger partial charge >= 0.3 is 5.97 Å². The van der Waals surface area contributed by atoms with Crippen LogP contribution in [0.4, 0.5) is 11.4 Å². The molecule has 0 N–H and O–H groups in total. The van der Waals surface area contributed by atoms with Crippen molar-refractivity contribution in [1.29, 1.82) is 0 Å². The number of benzene rings is 2. The quantitative estimate of drug-likeness (QED) is 0.335. The Hall–Kier alpha value is -3.22. The second-order valence-corrected chi connectivity index (χ2v) is 6.52. The van der Waals surface area contributed by atoms with Gasteiger partial charge in [0.15, 0.2) is 12.4 Å². The molecule has 1 aliphatic heterocycles. The number of carbonyl (C=O) groups excluding carboxylic acids is 2. The molecule has 3 rings (SSSR count). The lowest BCUT2D eigenvalue weighted by molar-refractivity contribution is -0.384. The maximum Gasteiger partial charge on any atom is 0.340 e. The third-order valence-electron chi connectivity index (χ3n) is 4.57. The highest BCUT2D eigenvalue weighted by atomic mass is 16.6. The summed E-state index contributed by atoms with van der Waals surface area (Å²) in [7, 11) is 0. The minimum atomic E-state index is -0.735. The first kappa shape index (κ1) is 18.6. The minimum Gasteiger partial charge on any atom is -0.454 e. The van der Waals surface area contributed by atoms with E-state index in [1.165, 1.54) is 12.1 Å². The van der Waals surface area contributed by atoms with Crippen molar-refractivity contribution in [2.24, 2.45) is 0 Å². The Labute approximate surface area is 156 Å². The van der Waals surface area contributed by atoms with Gasteiger partial charge in [0.1, 0.15) is 0 Å². The molecule has 27 heavy (non-hydrogen) atoms. The Morgan fingerprint density at radius 3 is 2.41 bits per heavy atom. The molecule has 0 saturated carbocycles. The molecular weight excluding hydrogens is 348 g/mol. The number of ketones is 1. The Morgan fingerprint density at radius 2 is 1.78 bits per heavy atom. The van der Waals surface area contributed by atoms with E-state index < -0.39 is 17.5 Å². The van der Waals surface area contributed by atoms with Gasteiger partial charge in [0.2, 0.25) is 0 Å². The lowest BCUT2D eigenvalue weighted by atomic mass is 10.1. The van der Waals surface area contributed by atoms with Gasteiger partial charge in [-0.1, -0.05) is 29.8 Å². The van der Waals surface area contributed by atoms with E-state index in [0.29, 0.717) is 11.3 Å². The van der Waals surface area contributed by atoms with Crippen LogP contribution < -0.4 is 4.90 Å². The molecule has 1 aliphatic rings. The van der Waals surface area contributed by atoms with Gasteiger partial charge < -0.3 is 9.64 Å². The summed E-state index contributed by atoms with van der Waals surface area (Å²) >= 11 is 0. The van der Waals surface area contributed by atoms with Gasteiger partial charge in [-0.25, -0.2) is 4.79 Å².